The maximum Gasteiger partial charge on any atom is 0.237 e. The molecule has 2 aliphatic rings. The van der Waals surface area contributed by atoms with Gasteiger partial charge in [-0.25, -0.2) is 9.97 Å². The Labute approximate surface area is 186 Å². The van der Waals surface area contributed by atoms with Crippen LogP contribution in [0.2, 0.25) is 5.02 Å². The molecule has 1 amide bonds. The van der Waals surface area contributed by atoms with E-state index in [-0.39, 0.29) is 24.0 Å². The molecule has 8 heteroatoms. The standard InChI is InChI=1S/C23H27ClN6O/c24-18-13-27-23(30-21(18)17-12-26-19-8-2-1-7-16(17)19)29-15-6-3-5-14(11-15)28-22(31)20-9-4-10-25-20/h1-2,7-8,12-15,20,25-26H,3-6,9-11H2,(H,28,31)(H,27,29,30)/t14?,15?,20-/m1/s1. The van der Waals surface area contributed by atoms with Gasteiger partial charge in [0.25, 0.3) is 0 Å². The molecule has 7 nitrogen and oxygen atoms in total. The molecular formula is C23H27ClN6O. The predicted octanol–water partition coefficient (Wildman–Crippen LogP) is 3.87. The van der Waals surface area contributed by atoms with Crippen LogP contribution in [0.4, 0.5) is 5.95 Å². The van der Waals surface area contributed by atoms with Gasteiger partial charge in [0.1, 0.15) is 0 Å². The molecule has 1 saturated heterocycles. The van der Waals surface area contributed by atoms with Crippen molar-refractivity contribution in [2.75, 3.05) is 11.9 Å². The molecule has 3 aromatic rings. The average Bonchev–Trinajstić information content (AvgIpc) is 3.46. The third-order valence-electron chi connectivity index (χ3n) is 6.32. The first kappa shape index (κ1) is 20.3. The fraction of sp³-hybridized carbons (Fsp3) is 0.435. The van der Waals surface area contributed by atoms with Crippen molar-refractivity contribution in [1.29, 1.82) is 0 Å². The molecule has 0 radical (unpaired) electrons. The molecule has 2 fully saturated rings. The lowest BCUT2D eigenvalue weighted by atomic mass is 9.91. The van der Waals surface area contributed by atoms with E-state index in [1.807, 2.05) is 24.4 Å². The Morgan fingerprint density at radius 1 is 1.13 bits per heavy atom. The van der Waals surface area contributed by atoms with Gasteiger partial charge in [0.05, 0.1) is 23.0 Å². The molecule has 0 spiro atoms. The summed E-state index contributed by atoms with van der Waals surface area (Å²) in [5, 5.41) is 11.6. The first-order chi connectivity index (χ1) is 15.2. The number of hydrogen-bond donors (Lipinski definition) is 4. The quantitative estimate of drug-likeness (QED) is 0.485. The molecule has 1 aromatic carbocycles. The number of fused-ring (bicyclic) bond motifs is 1. The summed E-state index contributed by atoms with van der Waals surface area (Å²) in [6.07, 6.45) is 9.56. The summed E-state index contributed by atoms with van der Waals surface area (Å²) in [6.45, 7) is 0.930. The second-order valence-electron chi connectivity index (χ2n) is 8.50. The van der Waals surface area contributed by atoms with E-state index in [0.29, 0.717) is 16.7 Å². The fourth-order valence-electron chi connectivity index (χ4n) is 4.74. The smallest absolute Gasteiger partial charge is 0.237 e. The van der Waals surface area contributed by atoms with Gasteiger partial charge in [-0.15, -0.1) is 0 Å². The van der Waals surface area contributed by atoms with Crippen molar-refractivity contribution in [3.8, 4) is 11.3 Å². The van der Waals surface area contributed by atoms with Crippen molar-refractivity contribution in [3.63, 3.8) is 0 Å². The Bertz CT molecular complexity index is 1080. The van der Waals surface area contributed by atoms with E-state index < -0.39 is 0 Å². The number of hydrogen-bond acceptors (Lipinski definition) is 5. The highest BCUT2D eigenvalue weighted by Crippen LogP contribution is 2.32. The van der Waals surface area contributed by atoms with Gasteiger partial charge < -0.3 is 20.9 Å². The predicted molar refractivity (Wildman–Crippen MR) is 123 cm³/mol. The zero-order valence-electron chi connectivity index (χ0n) is 17.3. The maximum atomic E-state index is 12.5. The van der Waals surface area contributed by atoms with E-state index in [9.17, 15) is 4.79 Å². The zero-order chi connectivity index (χ0) is 21.2. The summed E-state index contributed by atoms with van der Waals surface area (Å²) in [5.41, 5.74) is 2.72. The molecule has 0 bridgehead atoms. The number of aromatic nitrogens is 3. The van der Waals surface area contributed by atoms with Gasteiger partial charge in [0, 0.05) is 34.7 Å². The van der Waals surface area contributed by atoms with Crippen LogP contribution in [0.5, 0.6) is 0 Å². The zero-order valence-corrected chi connectivity index (χ0v) is 18.1. The summed E-state index contributed by atoms with van der Waals surface area (Å²) in [7, 11) is 0. The second kappa shape index (κ2) is 8.85. The minimum Gasteiger partial charge on any atom is -0.360 e. The Balaban J connectivity index is 1.29. The van der Waals surface area contributed by atoms with Crippen LogP contribution in [0.3, 0.4) is 0 Å². The SMILES string of the molecule is O=C(NC1CCCC(Nc2ncc(Cl)c(-c3c[nH]c4ccccc34)n2)C1)[C@H]1CCCN1. The van der Waals surface area contributed by atoms with Gasteiger partial charge in [-0.2, -0.15) is 0 Å². The molecule has 1 aliphatic carbocycles. The molecule has 3 atom stereocenters. The van der Waals surface area contributed by atoms with Crippen LogP contribution in [0.1, 0.15) is 38.5 Å². The number of nitrogens with zero attached hydrogens (tertiary/aromatic N) is 2. The molecule has 31 heavy (non-hydrogen) atoms. The summed E-state index contributed by atoms with van der Waals surface area (Å²) >= 11 is 6.45. The summed E-state index contributed by atoms with van der Waals surface area (Å²) in [6, 6.07) is 8.45. The lowest BCUT2D eigenvalue weighted by Gasteiger charge is -2.31. The summed E-state index contributed by atoms with van der Waals surface area (Å²) < 4.78 is 0. The number of amides is 1. The number of anilines is 1. The monoisotopic (exact) mass is 438 g/mol. The van der Waals surface area contributed by atoms with Crippen molar-refractivity contribution in [1.82, 2.24) is 25.6 Å². The van der Waals surface area contributed by atoms with Crippen LogP contribution in [-0.2, 0) is 4.79 Å². The van der Waals surface area contributed by atoms with Gasteiger partial charge in [0.15, 0.2) is 0 Å². The highest BCUT2D eigenvalue weighted by atomic mass is 35.5. The van der Waals surface area contributed by atoms with Gasteiger partial charge in [0.2, 0.25) is 11.9 Å². The van der Waals surface area contributed by atoms with Crippen molar-refractivity contribution in [2.45, 2.75) is 56.7 Å². The van der Waals surface area contributed by atoms with E-state index in [1.54, 1.807) is 6.20 Å². The number of para-hydroxylation sites is 1. The number of nitrogens with one attached hydrogen (secondary N) is 4. The highest BCUT2D eigenvalue weighted by Gasteiger charge is 2.28. The van der Waals surface area contributed by atoms with Crippen LogP contribution in [0.15, 0.2) is 36.7 Å². The Hall–Kier alpha value is -2.64. The van der Waals surface area contributed by atoms with Crippen molar-refractivity contribution in [2.24, 2.45) is 0 Å². The molecule has 2 aromatic heterocycles. The number of carbonyl (C=O) groups is 1. The third-order valence-corrected chi connectivity index (χ3v) is 6.60. The maximum absolute atomic E-state index is 12.5. The molecule has 5 rings (SSSR count). The van der Waals surface area contributed by atoms with Crippen molar-refractivity contribution in [3.05, 3.63) is 41.7 Å². The average molecular weight is 439 g/mol. The van der Waals surface area contributed by atoms with Gasteiger partial charge in [-0.05, 0) is 51.1 Å². The number of halogens is 1. The van der Waals surface area contributed by atoms with E-state index in [4.69, 9.17) is 16.6 Å². The number of aromatic amines is 1. The molecule has 3 heterocycles. The number of H-pyrrole nitrogens is 1. The van der Waals surface area contributed by atoms with Crippen LogP contribution < -0.4 is 16.0 Å². The largest absolute Gasteiger partial charge is 0.360 e. The number of rotatable bonds is 5. The van der Waals surface area contributed by atoms with E-state index in [0.717, 1.165) is 61.5 Å². The van der Waals surface area contributed by atoms with Crippen LogP contribution in [-0.4, -0.2) is 45.5 Å². The molecule has 1 saturated carbocycles. The first-order valence-electron chi connectivity index (χ1n) is 11.1. The Morgan fingerprint density at radius 2 is 2.00 bits per heavy atom. The number of carbonyl (C=O) groups excluding carboxylic acids is 1. The second-order valence-corrected chi connectivity index (χ2v) is 8.91. The molecular weight excluding hydrogens is 412 g/mol. The Kier molecular flexibility index (Phi) is 5.78. The highest BCUT2D eigenvalue weighted by molar-refractivity contribution is 6.33. The van der Waals surface area contributed by atoms with Crippen LogP contribution in [0.25, 0.3) is 22.2 Å². The summed E-state index contributed by atoms with van der Waals surface area (Å²) in [5.74, 6) is 0.701. The minimum atomic E-state index is -0.0355. The van der Waals surface area contributed by atoms with Crippen LogP contribution in [0, 0.1) is 0 Å². The lowest BCUT2D eigenvalue weighted by Crippen LogP contribution is -2.48. The van der Waals surface area contributed by atoms with E-state index >= 15 is 0 Å². The fourth-order valence-corrected chi connectivity index (χ4v) is 4.93. The number of benzene rings is 1. The van der Waals surface area contributed by atoms with Crippen LogP contribution >= 0.6 is 11.6 Å². The van der Waals surface area contributed by atoms with Gasteiger partial charge in [-0.3, -0.25) is 4.79 Å². The van der Waals surface area contributed by atoms with E-state index in [2.05, 4.69) is 32.0 Å². The molecule has 4 N–H and O–H groups in total. The normalized spacial score (nSPS) is 23.7. The summed E-state index contributed by atoms with van der Waals surface area (Å²) in [4.78, 5) is 24.9. The van der Waals surface area contributed by atoms with E-state index in [1.165, 1.54) is 0 Å². The van der Waals surface area contributed by atoms with Gasteiger partial charge >= 0.3 is 0 Å². The molecule has 2 unspecified atom stereocenters. The molecule has 1 aliphatic heterocycles. The minimum absolute atomic E-state index is 0.0355. The Morgan fingerprint density at radius 3 is 2.87 bits per heavy atom. The third kappa shape index (κ3) is 4.38. The van der Waals surface area contributed by atoms with Gasteiger partial charge in [-0.1, -0.05) is 29.8 Å². The van der Waals surface area contributed by atoms with Crippen molar-refractivity contribution >= 4 is 34.4 Å². The first-order valence-corrected chi connectivity index (χ1v) is 11.4. The molecule has 162 valence electrons. The van der Waals surface area contributed by atoms with Crippen molar-refractivity contribution < 1.29 is 4.79 Å². The topological polar surface area (TPSA) is 94.7 Å². The lowest BCUT2D eigenvalue weighted by molar-refractivity contribution is -0.123.